The molecule has 0 radical (unpaired) electrons. The van der Waals surface area contributed by atoms with E-state index in [1.807, 2.05) is 0 Å². The molecule has 0 aromatic heterocycles. The van der Waals surface area contributed by atoms with Gasteiger partial charge in [0.05, 0.1) is 0 Å². The second kappa shape index (κ2) is 5.83. The summed E-state index contributed by atoms with van der Waals surface area (Å²) >= 11 is 0. The van der Waals surface area contributed by atoms with Gasteiger partial charge in [-0.25, -0.2) is 0 Å². The molecule has 0 amide bonds. The molecule has 2 atom stereocenters. The van der Waals surface area contributed by atoms with Gasteiger partial charge in [-0.2, -0.15) is 0 Å². The van der Waals surface area contributed by atoms with Gasteiger partial charge in [-0.1, -0.05) is 25.3 Å². The highest BCUT2D eigenvalue weighted by Crippen LogP contribution is 2.37. The van der Waals surface area contributed by atoms with E-state index in [4.69, 9.17) is 9.47 Å². The van der Waals surface area contributed by atoms with Crippen molar-refractivity contribution in [1.29, 1.82) is 0 Å². The molecule has 3 rings (SSSR count). The minimum atomic E-state index is 0.588. The lowest BCUT2D eigenvalue weighted by Gasteiger charge is -2.27. The Balaban J connectivity index is 1.86. The molecule has 104 valence electrons. The molecule has 1 N–H and O–H groups in total. The first-order valence-corrected chi connectivity index (χ1v) is 7.45. The monoisotopic (exact) mass is 261 g/mol. The van der Waals surface area contributed by atoms with Crippen LogP contribution in [-0.4, -0.2) is 26.3 Å². The molecule has 1 aromatic rings. The van der Waals surface area contributed by atoms with Crippen LogP contribution in [0.2, 0.25) is 0 Å². The Labute approximate surface area is 115 Å². The van der Waals surface area contributed by atoms with Gasteiger partial charge in [0.25, 0.3) is 0 Å². The SMILES string of the molecule is CNC1CCCCCC1c1ccc2c(c1)OCCO2. The lowest BCUT2D eigenvalue weighted by atomic mass is 9.87. The van der Waals surface area contributed by atoms with Crippen molar-refractivity contribution in [2.24, 2.45) is 0 Å². The maximum atomic E-state index is 5.71. The first kappa shape index (κ1) is 12.8. The second-order valence-electron chi connectivity index (χ2n) is 5.54. The third-order valence-corrected chi connectivity index (χ3v) is 4.38. The number of rotatable bonds is 2. The number of ether oxygens (including phenoxy) is 2. The molecule has 3 heteroatoms. The van der Waals surface area contributed by atoms with Crippen molar-refractivity contribution in [1.82, 2.24) is 5.32 Å². The van der Waals surface area contributed by atoms with Crippen LogP contribution in [-0.2, 0) is 0 Å². The number of hydrogen-bond acceptors (Lipinski definition) is 3. The van der Waals surface area contributed by atoms with Crippen molar-refractivity contribution in [3.8, 4) is 11.5 Å². The summed E-state index contributed by atoms with van der Waals surface area (Å²) < 4.78 is 11.3. The molecule has 0 saturated heterocycles. The van der Waals surface area contributed by atoms with Gasteiger partial charge < -0.3 is 14.8 Å². The molecule has 2 aliphatic rings. The van der Waals surface area contributed by atoms with Crippen LogP contribution in [0.3, 0.4) is 0 Å². The lowest BCUT2D eigenvalue weighted by molar-refractivity contribution is 0.171. The molecule has 1 aliphatic carbocycles. The van der Waals surface area contributed by atoms with Crippen molar-refractivity contribution >= 4 is 0 Å². The van der Waals surface area contributed by atoms with Crippen LogP contribution in [0, 0.1) is 0 Å². The quantitative estimate of drug-likeness (QED) is 0.830. The normalized spacial score (nSPS) is 26.8. The van der Waals surface area contributed by atoms with E-state index in [0.717, 1.165) is 11.5 Å². The van der Waals surface area contributed by atoms with E-state index in [1.165, 1.54) is 37.7 Å². The molecule has 1 heterocycles. The highest BCUT2D eigenvalue weighted by Gasteiger charge is 2.25. The van der Waals surface area contributed by atoms with E-state index >= 15 is 0 Å². The van der Waals surface area contributed by atoms with Gasteiger partial charge in [0, 0.05) is 6.04 Å². The Hall–Kier alpha value is -1.22. The van der Waals surface area contributed by atoms with Gasteiger partial charge in [-0.3, -0.25) is 0 Å². The fraction of sp³-hybridized carbons (Fsp3) is 0.625. The first-order valence-electron chi connectivity index (χ1n) is 7.45. The topological polar surface area (TPSA) is 30.5 Å². The van der Waals surface area contributed by atoms with Gasteiger partial charge in [-0.05, 0) is 43.5 Å². The van der Waals surface area contributed by atoms with Gasteiger partial charge >= 0.3 is 0 Å². The Morgan fingerprint density at radius 3 is 2.63 bits per heavy atom. The number of benzene rings is 1. The smallest absolute Gasteiger partial charge is 0.161 e. The zero-order chi connectivity index (χ0) is 13.1. The van der Waals surface area contributed by atoms with Crippen LogP contribution in [0.4, 0.5) is 0 Å². The minimum absolute atomic E-state index is 0.588. The van der Waals surface area contributed by atoms with Gasteiger partial charge in [0.15, 0.2) is 11.5 Å². The highest BCUT2D eigenvalue weighted by molar-refractivity contribution is 5.45. The van der Waals surface area contributed by atoms with E-state index in [9.17, 15) is 0 Å². The van der Waals surface area contributed by atoms with Crippen LogP contribution in [0.1, 0.15) is 43.6 Å². The standard InChI is InChI=1S/C16H23NO2/c1-17-14-6-4-2-3-5-13(14)12-7-8-15-16(11-12)19-10-9-18-15/h7-8,11,13-14,17H,2-6,9-10H2,1H3. The third kappa shape index (κ3) is 2.71. The number of likely N-dealkylation sites (N-methyl/N-ethyl adjacent to an activating group) is 1. The lowest BCUT2D eigenvalue weighted by Crippen LogP contribution is -2.31. The van der Waals surface area contributed by atoms with E-state index in [1.54, 1.807) is 0 Å². The zero-order valence-electron chi connectivity index (χ0n) is 11.7. The van der Waals surface area contributed by atoms with Crippen LogP contribution < -0.4 is 14.8 Å². The second-order valence-corrected chi connectivity index (χ2v) is 5.54. The molecule has 1 aromatic carbocycles. The number of nitrogens with one attached hydrogen (secondary N) is 1. The molecule has 1 fully saturated rings. The summed E-state index contributed by atoms with van der Waals surface area (Å²) in [6.45, 7) is 1.32. The fourth-order valence-electron chi connectivity index (χ4n) is 3.34. The van der Waals surface area contributed by atoms with Crippen LogP contribution in [0.25, 0.3) is 0 Å². The van der Waals surface area contributed by atoms with Gasteiger partial charge in [0.2, 0.25) is 0 Å². The third-order valence-electron chi connectivity index (χ3n) is 4.38. The van der Waals surface area contributed by atoms with E-state index in [2.05, 4.69) is 30.6 Å². The summed E-state index contributed by atoms with van der Waals surface area (Å²) in [5.41, 5.74) is 1.39. The molecule has 2 unspecified atom stereocenters. The summed E-state index contributed by atoms with van der Waals surface area (Å²) in [6.07, 6.45) is 6.57. The van der Waals surface area contributed by atoms with Crippen molar-refractivity contribution in [3.05, 3.63) is 23.8 Å². The summed E-state index contributed by atoms with van der Waals surface area (Å²) in [5, 5.41) is 3.50. The minimum Gasteiger partial charge on any atom is -0.486 e. The summed E-state index contributed by atoms with van der Waals surface area (Å²) in [5.74, 6) is 2.41. The molecular formula is C16H23NO2. The number of hydrogen-bond donors (Lipinski definition) is 1. The Kier molecular flexibility index (Phi) is 3.92. The van der Waals surface area contributed by atoms with Crippen LogP contribution in [0.5, 0.6) is 11.5 Å². The maximum absolute atomic E-state index is 5.71. The van der Waals surface area contributed by atoms with Gasteiger partial charge in [-0.15, -0.1) is 0 Å². The summed E-state index contributed by atoms with van der Waals surface area (Å²) in [4.78, 5) is 0. The summed E-state index contributed by atoms with van der Waals surface area (Å²) in [7, 11) is 2.08. The Morgan fingerprint density at radius 2 is 1.79 bits per heavy atom. The molecular weight excluding hydrogens is 238 g/mol. The zero-order valence-corrected chi connectivity index (χ0v) is 11.7. The Bertz CT molecular complexity index is 433. The van der Waals surface area contributed by atoms with Crippen molar-refractivity contribution in [2.45, 2.75) is 44.1 Å². The van der Waals surface area contributed by atoms with Crippen molar-refractivity contribution in [3.63, 3.8) is 0 Å². The predicted octanol–water partition coefficient (Wildman–Crippen LogP) is 3.09. The maximum Gasteiger partial charge on any atom is 0.161 e. The highest BCUT2D eigenvalue weighted by atomic mass is 16.6. The van der Waals surface area contributed by atoms with Gasteiger partial charge in [0.1, 0.15) is 13.2 Å². The average Bonchev–Trinajstić information content (AvgIpc) is 2.72. The first-order chi connectivity index (χ1) is 9.38. The largest absolute Gasteiger partial charge is 0.486 e. The van der Waals surface area contributed by atoms with Crippen LogP contribution in [0.15, 0.2) is 18.2 Å². The Morgan fingerprint density at radius 1 is 1.00 bits per heavy atom. The fourth-order valence-corrected chi connectivity index (χ4v) is 3.34. The van der Waals surface area contributed by atoms with Crippen LogP contribution >= 0.6 is 0 Å². The van der Waals surface area contributed by atoms with Crippen molar-refractivity contribution < 1.29 is 9.47 Å². The molecule has 0 bridgehead atoms. The van der Waals surface area contributed by atoms with E-state index in [0.29, 0.717) is 25.2 Å². The molecule has 1 aliphatic heterocycles. The summed E-state index contributed by atoms with van der Waals surface area (Å²) in [6, 6.07) is 7.06. The average molecular weight is 261 g/mol. The van der Waals surface area contributed by atoms with E-state index in [-0.39, 0.29) is 0 Å². The number of fused-ring (bicyclic) bond motifs is 1. The molecule has 0 spiro atoms. The van der Waals surface area contributed by atoms with Crippen molar-refractivity contribution in [2.75, 3.05) is 20.3 Å². The molecule has 19 heavy (non-hydrogen) atoms. The predicted molar refractivity (Wildman–Crippen MR) is 76.1 cm³/mol. The molecule has 1 saturated carbocycles. The molecule has 3 nitrogen and oxygen atoms in total. The van der Waals surface area contributed by atoms with E-state index < -0.39 is 0 Å².